The number of hydrogen-bond acceptors (Lipinski definition) is 9. The second kappa shape index (κ2) is 8.04. The van der Waals surface area contributed by atoms with Gasteiger partial charge < -0.3 is 19.5 Å². The first-order valence-corrected chi connectivity index (χ1v) is 12.7. The molecule has 0 fully saturated rings. The smallest absolute Gasteiger partial charge is 0.329 e. The lowest BCUT2D eigenvalue weighted by Crippen LogP contribution is -2.36. The molecule has 0 bridgehead atoms. The highest BCUT2D eigenvalue weighted by molar-refractivity contribution is 6.14. The zero-order valence-corrected chi connectivity index (χ0v) is 22.7. The van der Waals surface area contributed by atoms with Gasteiger partial charge in [0.2, 0.25) is 5.95 Å². The van der Waals surface area contributed by atoms with Crippen molar-refractivity contribution < 1.29 is 24.5 Å². The fraction of sp³-hybridized carbons (Fsp3) is 0.333. The molecule has 1 atom stereocenters. The van der Waals surface area contributed by atoms with Crippen molar-refractivity contribution in [1.29, 1.82) is 0 Å². The number of aromatic hydroxyl groups is 2. The molecule has 13 nitrogen and oxygen atoms in total. The third-order valence-corrected chi connectivity index (χ3v) is 7.86. The number of phenolic OH excluding ortho intramolecular Hbond substituents is 2. The van der Waals surface area contributed by atoms with Crippen LogP contribution in [-0.2, 0) is 19.0 Å². The number of ether oxygens (including phenoxy) is 1. The number of hydrogen-bond donors (Lipinski definition) is 3. The average Bonchev–Trinajstić information content (AvgIpc) is 3.52. The van der Waals surface area contributed by atoms with E-state index >= 15 is 0 Å². The SMILES string of the molecule is CCCn1c(-n2nc(C)c3c2C=C2Oc4c(C(C)=O)c(O)c(C)c(O)c4[C@@]2(C)C3=O)nc2c1c(=O)[nH]c(=O)n2C. The van der Waals surface area contributed by atoms with Crippen molar-refractivity contribution in [1.82, 2.24) is 28.9 Å². The van der Waals surface area contributed by atoms with Gasteiger partial charge in [0, 0.05) is 25.2 Å². The minimum Gasteiger partial charge on any atom is -0.507 e. The van der Waals surface area contributed by atoms with Crippen LogP contribution in [0.15, 0.2) is 15.3 Å². The van der Waals surface area contributed by atoms with Crippen molar-refractivity contribution in [2.75, 3.05) is 0 Å². The molecular weight excluding hydrogens is 520 g/mol. The maximum absolute atomic E-state index is 14.3. The van der Waals surface area contributed by atoms with Gasteiger partial charge in [-0.15, -0.1) is 0 Å². The van der Waals surface area contributed by atoms with Gasteiger partial charge in [-0.25, -0.2) is 4.79 Å². The highest BCUT2D eigenvalue weighted by atomic mass is 16.5. The number of nitrogens with zero attached hydrogens (tertiary/aromatic N) is 5. The summed E-state index contributed by atoms with van der Waals surface area (Å²) in [6.07, 6.45) is 2.22. The minimum atomic E-state index is -1.50. The van der Waals surface area contributed by atoms with Crippen LogP contribution in [0.25, 0.3) is 23.2 Å². The predicted octanol–water partition coefficient (Wildman–Crippen LogP) is 2.14. The molecule has 0 saturated heterocycles. The van der Waals surface area contributed by atoms with E-state index in [9.17, 15) is 29.4 Å². The fourth-order valence-corrected chi connectivity index (χ4v) is 5.76. The number of H-pyrrole nitrogens is 1. The molecule has 0 saturated carbocycles. The molecule has 0 radical (unpaired) electrons. The summed E-state index contributed by atoms with van der Waals surface area (Å²) in [5, 5.41) is 26.3. The summed E-state index contributed by atoms with van der Waals surface area (Å²) < 4.78 is 10.4. The minimum absolute atomic E-state index is 0.0603. The second-order valence-electron chi connectivity index (χ2n) is 10.3. The summed E-state index contributed by atoms with van der Waals surface area (Å²) in [5.74, 6) is -1.39. The van der Waals surface area contributed by atoms with Gasteiger partial charge in [-0.1, -0.05) is 6.92 Å². The van der Waals surface area contributed by atoms with Gasteiger partial charge in [0.15, 0.2) is 22.7 Å². The molecule has 3 aromatic heterocycles. The van der Waals surface area contributed by atoms with E-state index in [0.717, 1.165) is 0 Å². The summed E-state index contributed by atoms with van der Waals surface area (Å²) in [6.45, 7) is 8.27. The molecule has 1 aliphatic heterocycles. The van der Waals surface area contributed by atoms with E-state index in [1.807, 2.05) is 6.92 Å². The van der Waals surface area contributed by atoms with Crippen molar-refractivity contribution in [3.05, 3.63) is 60.2 Å². The van der Waals surface area contributed by atoms with Crippen molar-refractivity contribution in [2.45, 2.75) is 53.0 Å². The van der Waals surface area contributed by atoms with E-state index < -0.39 is 34.0 Å². The van der Waals surface area contributed by atoms with E-state index in [1.54, 1.807) is 24.5 Å². The molecule has 4 heterocycles. The fourth-order valence-electron chi connectivity index (χ4n) is 5.76. The number of carbonyl (C=O) groups excluding carboxylic acids is 2. The predicted molar refractivity (Wildman–Crippen MR) is 143 cm³/mol. The molecule has 40 heavy (non-hydrogen) atoms. The average molecular weight is 547 g/mol. The lowest BCUT2D eigenvalue weighted by Gasteiger charge is -2.27. The summed E-state index contributed by atoms with van der Waals surface area (Å²) in [6, 6.07) is 0. The van der Waals surface area contributed by atoms with Crippen LogP contribution < -0.4 is 16.0 Å². The van der Waals surface area contributed by atoms with Gasteiger partial charge in [0.25, 0.3) is 5.56 Å². The van der Waals surface area contributed by atoms with Crippen LogP contribution in [-0.4, -0.2) is 50.7 Å². The van der Waals surface area contributed by atoms with Gasteiger partial charge >= 0.3 is 5.69 Å². The first kappa shape index (κ1) is 25.3. The number of aryl methyl sites for hydroxylation is 3. The lowest BCUT2D eigenvalue weighted by molar-refractivity contribution is 0.0905. The Morgan fingerprint density at radius 2 is 1.88 bits per heavy atom. The van der Waals surface area contributed by atoms with Crippen LogP contribution in [0.4, 0.5) is 0 Å². The Morgan fingerprint density at radius 1 is 1.18 bits per heavy atom. The normalized spacial score (nSPS) is 17.4. The second-order valence-corrected chi connectivity index (χ2v) is 10.3. The van der Waals surface area contributed by atoms with E-state index in [1.165, 1.54) is 30.1 Å². The van der Waals surface area contributed by atoms with Crippen LogP contribution in [0.3, 0.4) is 0 Å². The third kappa shape index (κ3) is 2.91. The number of phenols is 2. The topological polar surface area (TPSA) is 174 Å². The quantitative estimate of drug-likeness (QED) is 0.324. The monoisotopic (exact) mass is 546 g/mol. The molecule has 4 aromatic rings. The molecule has 6 rings (SSSR count). The van der Waals surface area contributed by atoms with Gasteiger partial charge in [-0.2, -0.15) is 14.8 Å². The maximum Gasteiger partial charge on any atom is 0.329 e. The Hall–Kier alpha value is -4.94. The summed E-state index contributed by atoms with van der Waals surface area (Å²) in [5.41, 5.74) is -1.40. The number of rotatable bonds is 4. The van der Waals surface area contributed by atoms with Crippen LogP contribution in [0.5, 0.6) is 17.2 Å². The number of Topliss-reactive ketones (excluding diaryl/α,β-unsaturated/α-hetero) is 2. The van der Waals surface area contributed by atoms with Gasteiger partial charge in [-0.3, -0.25) is 23.9 Å². The number of aromatic amines is 1. The number of allylic oxidation sites excluding steroid dienone is 1. The van der Waals surface area contributed by atoms with Gasteiger partial charge in [-0.05, 0) is 34.1 Å². The van der Waals surface area contributed by atoms with Crippen LogP contribution >= 0.6 is 0 Å². The number of carbonyl (C=O) groups is 2. The zero-order valence-electron chi connectivity index (χ0n) is 22.7. The molecule has 13 heteroatoms. The molecule has 206 valence electrons. The molecule has 0 amide bonds. The first-order valence-electron chi connectivity index (χ1n) is 12.7. The molecule has 3 N–H and O–H groups in total. The highest BCUT2D eigenvalue weighted by Gasteiger charge is 2.55. The van der Waals surface area contributed by atoms with Crippen LogP contribution in [0.2, 0.25) is 0 Å². The largest absolute Gasteiger partial charge is 0.507 e. The Bertz CT molecular complexity index is 2000. The van der Waals surface area contributed by atoms with Gasteiger partial charge in [0.05, 0.1) is 22.5 Å². The lowest BCUT2D eigenvalue weighted by atomic mass is 9.71. The summed E-state index contributed by atoms with van der Waals surface area (Å²) in [4.78, 5) is 58.7. The molecule has 0 spiro atoms. The molecule has 2 aliphatic rings. The standard InChI is InChI=1S/C27H26N6O7/c1-7-8-32-18-23(31(6)26(39)29-24(18)38)28-25(32)33-13-9-14-27(5,22(37)15(13)11(3)30-33)17-20(36)10(2)19(35)16(12(4)34)21(17)40-14/h9,35-36H,7-8H2,1-6H3,(H,29,38,39)/t27-/m0/s1. The Morgan fingerprint density at radius 3 is 2.52 bits per heavy atom. The summed E-state index contributed by atoms with van der Waals surface area (Å²) in [7, 11) is 1.49. The Labute approximate surface area is 226 Å². The zero-order chi connectivity index (χ0) is 29.0. The number of nitrogens with one attached hydrogen (secondary N) is 1. The van der Waals surface area contributed by atoms with E-state index in [0.29, 0.717) is 24.4 Å². The van der Waals surface area contributed by atoms with Gasteiger partial charge in [0.1, 0.15) is 34.0 Å². The van der Waals surface area contributed by atoms with Crippen molar-refractivity contribution in [2.24, 2.45) is 7.05 Å². The molecular formula is C27H26N6O7. The molecule has 1 aromatic carbocycles. The van der Waals surface area contributed by atoms with E-state index in [2.05, 4.69) is 15.1 Å². The van der Waals surface area contributed by atoms with Crippen molar-refractivity contribution in [3.8, 4) is 23.2 Å². The highest BCUT2D eigenvalue weighted by Crippen LogP contribution is 2.58. The third-order valence-electron chi connectivity index (χ3n) is 7.86. The number of ketones is 2. The van der Waals surface area contributed by atoms with Crippen molar-refractivity contribution >= 4 is 28.8 Å². The van der Waals surface area contributed by atoms with Crippen LogP contribution in [0.1, 0.15) is 70.4 Å². The summed E-state index contributed by atoms with van der Waals surface area (Å²) >= 11 is 0. The van der Waals surface area contributed by atoms with Crippen molar-refractivity contribution in [3.63, 3.8) is 0 Å². The Kier molecular flexibility index (Phi) is 5.09. The number of aromatic nitrogens is 6. The first-order chi connectivity index (χ1) is 18.8. The molecule has 0 unspecified atom stereocenters. The molecule has 1 aliphatic carbocycles. The van der Waals surface area contributed by atoms with E-state index in [-0.39, 0.29) is 56.6 Å². The maximum atomic E-state index is 14.3. The van der Waals surface area contributed by atoms with Crippen LogP contribution in [0, 0.1) is 13.8 Å². The number of fused-ring (bicyclic) bond motifs is 5. The Balaban J connectivity index is 1.66. The number of benzene rings is 1. The number of imidazole rings is 1. The van der Waals surface area contributed by atoms with E-state index in [4.69, 9.17) is 4.74 Å².